The Morgan fingerprint density at radius 3 is 2.67 bits per heavy atom. The average Bonchev–Trinajstić information content (AvgIpc) is 2.42. The van der Waals surface area contributed by atoms with Crippen LogP contribution in [0.5, 0.6) is 0 Å². The third-order valence-corrected chi connectivity index (χ3v) is 3.52. The van der Waals surface area contributed by atoms with Gasteiger partial charge in [-0.1, -0.05) is 13.8 Å². The molecule has 2 rings (SSSR count). The van der Waals surface area contributed by atoms with Gasteiger partial charge < -0.3 is 4.74 Å². The van der Waals surface area contributed by atoms with E-state index in [1.165, 1.54) is 12.8 Å². The first-order chi connectivity index (χ1) is 5.70. The van der Waals surface area contributed by atoms with Crippen molar-refractivity contribution in [2.75, 3.05) is 6.61 Å². The monoisotopic (exact) mass is 168 g/mol. The second-order valence-corrected chi connectivity index (χ2v) is 4.35. The van der Waals surface area contributed by atoms with E-state index in [0.717, 1.165) is 0 Å². The first kappa shape index (κ1) is 8.09. The van der Waals surface area contributed by atoms with Crippen molar-refractivity contribution in [3.05, 3.63) is 0 Å². The van der Waals surface area contributed by atoms with Gasteiger partial charge in [-0.05, 0) is 30.6 Å². The Morgan fingerprint density at radius 1 is 1.25 bits per heavy atom. The minimum Gasteiger partial charge on any atom is -0.465 e. The molecule has 1 aliphatic carbocycles. The Hall–Kier alpha value is -0.530. The molecule has 0 aromatic rings. The number of hydrogen-bond acceptors (Lipinski definition) is 2. The van der Waals surface area contributed by atoms with Crippen LogP contribution in [0.3, 0.4) is 0 Å². The predicted molar refractivity (Wildman–Crippen MR) is 45.5 cm³/mol. The van der Waals surface area contributed by atoms with E-state index < -0.39 is 0 Å². The maximum Gasteiger partial charge on any atom is 0.309 e. The summed E-state index contributed by atoms with van der Waals surface area (Å²) in [6.07, 6.45) is 2.43. The van der Waals surface area contributed by atoms with Gasteiger partial charge in [-0.25, -0.2) is 0 Å². The summed E-state index contributed by atoms with van der Waals surface area (Å²) in [6.45, 7) is 5.01. The fourth-order valence-corrected chi connectivity index (χ4v) is 2.72. The Morgan fingerprint density at radius 2 is 2.00 bits per heavy atom. The summed E-state index contributed by atoms with van der Waals surface area (Å²) in [5.41, 5.74) is 0. The van der Waals surface area contributed by atoms with Crippen molar-refractivity contribution >= 4 is 5.97 Å². The Kier molecular flexibility index (Phi) is 1.85. The quantitative estimate of drug-likeness (QED) is 0.516. The highest BCUT2D eigenvalue weighted by molar-refractivity contribution is 5.74. The fourth-order valence-electron chi connectivity index (χ4n) is 2.72. The van der Waals surface area contributed by atoms with Gasteiger partial charge in [0.25, 0.3) is 0 Å². The largest absolute Gasteiger partial charge is 0.465 e. The van der Waals surface area contributed by atoms with Gasteiger partial charge in [0.15, 0.2) is 0 Å². The van der Waals surface area contributed by atoms with E-state index in [1.807, 2.05) is 0 Å². The number of cyclic esters (lactones) is 1. The van der Waals surface area contributed by atoms with Crippen molar-refractivity contribution in [3.8, 4) is 0 Å². The molecule has 68 valence electrons. The molecule has 0 N–H and O–H groups in total. The molecule has 0 aromatic carbocycles. The lowest BCUT2D eigenvalue weighted by Crippen LogP contribution is -2.37. The van der Waals surface area contributed by atoms with Crippen LogP contribution < -0.4 is 0 Å². The van der Waals surface area contributed by atoms with Gasteiger partial charge in [0.1, 0.15) is 0 Å². The molecule has 0 unspecified atom stereocenters. The highest BCUT2D eigenvalue weighted by atomic mass is 16.5. The molecule has 0 amide bonds. The first-order valence-corrected chi connectivity index (χ1v) is 4.87. The Balaban J connectivity index is 2.18. The molecule has 12 heavy (non-hydrogen) atoms. The molecule has 1 aliphatic heterocycles. The lowest BCUT2D eigenvalue weighted by atomic mass is 9.81. The zero-order chi connectivity index (χ0) is 8.72. The summed E-state index contributed by atoms with van der Waals surface area (Å²) in [7, 11) is 0. The molecule has 1 heterocycles. The highest BCUT2D eigenvalue weighted by Crippen LogP contribution is 2.44. The molecular formula is C10H16O2. The lowest BCUT2D eigenvalue weighted by molar-refractivity contribution is -0.160. The minimum atomic E-state index is 0.0584. The summed E-state index contributed by atoms with van der Waals surface area (Å²) < 4.78 is 5.14. The van der Waals surface area contributed by atoms with Crippen LogP contribution in [0.2, 0.25) is 0 Å². The van der Waals surface area contributed by atoms with E-state index in [9.17, 15) is 4.79 Å². The second-order valence-electron chi connectivity index (χ2n) is 4.35. The van der Waals surface area contributed by atoms with Crippen molar-refractivity contribution in [1.29, 1.82) is 0 Å². The van der Waals surface area contributed by atoms with Gasteiger partial charge >= 0.3 is 5.97 Å². The standard InChI is InChI=1S/C10H16O2/c1-6-3-4-8-7(2)5-12-10(11)9(6)8/h6-9H,3-5H2,1-2H3/t6-,7+,8+,9+/m0/s1. The summed E-state index contributed by atoms with van der Waals surface area (Å²) in [5, 5.41) is 0. The second kappa shape index (κ2) is 2.75. The van der Waals surface area contributed by atoms with Gasteiger partial charge in [-0.15, -0.1) is 0 Å². The van der Waals surface area contributed by atoms with Crippen LogP contribution in [-0.4, -0.2) is 12.6 Å². The van der Waals surface area contributed by atoms with Crippen molar-refractivity contribution in [1.82, 2.24) is 0 Å². The van der Waals surface area contributed by atoms with Gasteiger partial charge in [0.2, 0.25) is 0 Å². The summed E-state index contributed by atoms with van der Waals surface area (Å²) >= 11 is 0. The van der Waals surface area contributed by atoms with E-state index in [2.05, 4.69) is 13.8 Å². The van der Waals surface area contributed by atoms with E-state index in [-0.39, 0.29) is 11.9 Å². The maximum absolute atomic E-state index is 11.4. The molecule has 0 spiro atoms. The number of fused-ring (bicyclic) bond motifs is 1. The zero-order valence-electron chi connectivity index (χ0n) is 7.75. The van der Waals surface area contributed by atoms with E-state index in [1.54, 1.807) is 0 Å². The number of ether oxygens (including phenoxy) is 1. The van der Waals surface area contributed by atoms with Crippen molar-refractivity contribution < 1.29 is 9.53 Å². The molecule has 2 nitrogen and oxygen atoms in total. The van der Waals surface area contributed by atoms with Crippen LogP contribution in [0.15, 0.2) is 0 Å². The molecule has 1 saturated carbocycles. The molecule has 1 saturated heterocycles. The normalized spacial score (nSPS) is 47.0. The molecule has 0 aromatic heterocycles. The topological polar surface area (TPSA) is 26.3 Å². The predicted octanol–water partition coefficient (Wildman–Crippen LogP) is 1.84. The van der Waals surface area contributed by atoms with Crippen molar-refractivity contribution in [3.63, 3.8) is 0 Å². The number of hydrogen-bond donors (Lipinski definition) is 0. The third kappa shape index (κ3) is 1.05. The molecule has 2 fully saturated rings. The van der Waals surface area contributed by atoms with Crippen LogP contribution in [0.25, 0.3) is 0 Å². The van der Waals surface area contributed by atoms with Gasteiger partial charge in [-0.3, -0.25) is 4.79 Å². The van der Waals surface area contributed by atoms with Gasteiger partial charge in [0.05, 0.1) is 12.5 Å². The summed E-state index contributed by atoms with van der Waals surface area (Å²) in [5.74, 6) is 2.01. The van der Waals surface area contributed by atoms with Crippen molar-refractivity contribution in [2.24, 2.45) is 23.7 Å². The van der Waals surface area contributed by atoms with Crippen LogP contribution in [0.1, 0.15) is 26.7 Å². The highest BCUT2D eigenvalue weighted by Gasteiger charge is 2.45. The van der Waals surface area contributed by atoms with Crippen LogP contribution in [0, 0.1) is 23.7 Å². The molecule has 0 bridgehead atoms. The molecule has 4 atom stereocenters. The molecular weight excluding hydrogens is 152 g/mol. The molecule has 0 radical (unpaired) electrons. The summed E-state index contributed by atoms with van der Waals surface area (Å²) in [4.78, 5) is 11.4. The van der Waals surface area contributed by atoms with Crippen LogP contribution in [-0.2, 0) is 9.53 Å². The maximum atomic E-state index is 11.4. The SMILES string of the molecule is C[C@@H]1COC(=O)[C@H]2[C@@H]1CC[C@@H]2C. The molecule has 2 aliphatic rings. The number of carbonyl (C=O) groups excluding carboxylic acids is 1. The van der Waals surface area contributed by atoms with Crippen molar-refractivity contribution in [2.45, 2.75) is 26.7 Å². The van der Waals surface area contributed by atoms with Gasteiger partial charge in [-0.2, -0.15) is 0 Å². The van der Waals surface area contributed by atoms with Gasteiger partial charge in [0, 0.05) is 0 Å². The average molecular weight is 168 g/mol. The number of esters is 1. The van der Waals surface area contributed by atoms with Crippen LogP contribution in [0.4, 0.5) is 0 Å². The smallest absolute Gasteiger partial charge is 0.309 e. The van der Waals surface area contributed by atoms with E-state index >= 15 is 0 Å². The van der Waals surface area contributed by atoms with E-state index in [4.69, 9.17) is 4.74 Å². The number of carbonyl (C=O) groups is 1. The van der Waals surface area contributed by atoms with Crippen LogP contribution >= 0.6 is 0 Å². The third-order valence-electron chi connectivity index (χ3n) is 3.52. The number of rotatable bonds is 0. The Bertz CT molecular complexity index is 200. The minimum absolute atomic E-state index is 0.0584. The van der Waals surface area contributed by atoms with E-state index in [0.29, 0.717) is 24.4 Å². The first-order valence-electron chi connectivity index (χ1n) is 4.87. The Labute approximate surface area is 73.3 Å². The molecule has 2 heteroatoms. The zero-order valence-corrected chi connectivity index (χ0v) is 7.75. The fraction of sp³-hybridized carbons (Fsp3) is 0.900. The lowest BCUT2D eigenvalue weighted by Gasteiger charge is -2.31. The summed E-state index contributed by atoms with van der Waals surface area (Å²) in [6, 6.07) is 0.